The Morgan fingerprint density at radius 2 is 1.94 bits per heavy atom. The maximum Gasteiger partial charge on any atom is 0.423 e. The van der Waals surface area contributed by atoms with Gasteiger partial charge in [-0.25, -0.2) is 4.79 Å². The first kappa shape index (κ1) is 11.3. The molecule has 1 aliphatic rings. The van der Waals surface area contributed by atoms with Gasteiger partial charge >= 0.3 is 6.09 Å². The van der Waals surface area contributed by atoms with Crippen LogP contribution in [0.1, 0.15) is 17.9 Å². The average molecular weight is 233 g/mol. The van der Waals surface area contributed by atoms with Gasteiger partial charge in [-0.15, -0.1) is 0 Å². The summed E-state index contributed by atoms with van der Waals surface area (Å²) < 4.78 is 4.40. The Balaban J connectivity index is 2.28. The molecule has 5 nitrogen and oxygen atoms in total. The van der Waals surface area contributed by atoms with Gasteiger partial charge in [0.2, 0.25) is 11.8 Å². The molecule has 3 amide bonds. The maximum absolute atomic E-state index is 11.9. The van der Waals surface area contributed by atoms with Gasteiger partial charge in [-0.2, -0.15) is 4.90 Å². The van der Waals surface area contributed by atoms with Crippen molar-refractivity contribution in [2.24, 2.45) is 0 Å². The predicted octanol–water partition coefficient (Wildman–Crippen LogP) is 1.30. The highest BCUT2D eigenvalue weighted by molar-refractivity contribution is 6.16. The van der Waals surface area contributed by atoms with E-state index in [2.05, 4.69) is 4.74 Å². The van der Waals surface area contributed by atoms with Gasteiger partial charge in [0.1, 0.15) is 0 Å². The van der Waals surface area contributed by atoms with E-state index in [4.69, 9.17) is 0 Å². The normalized spacial score (nSPS) is 19.6. The van der Waals surface area contributed by atoms with Crippen molar-refractivity contribution < 1.29 is 19.1 Å². The standard InChI is InChI=1S/C12H11NO4/c1-17-12(16)13-10(14)7-9(11(13)15)8-5-3-2-4-6-8/h2-6,9H,7H2,1H3. The number of hydrogen-bond donors (Lipinski definition) is 0. The van der Waals surface area contributed by atoms with Crippen molar-refractivity contribution >= 4 is 17.9 Å². The number of benzene rings is 1. The lowest BCUT2D eigenvalue weighted by molar-refractivity contribution is -0.136. The molecule has 0 radical (unpaired) electrons. The van der Waals surface area contributed by atoms with Crippen LogP contribution in [0.2, 0.25) is 0 Å². The number of carbonyl (C=O) groups excluding carboxylic acids is 3. The molecule has 2 rings (SSSR count). The summed E-state index contributed by atoms with van der Waals surface area (Å²) in [7, 11) is 1.14. The van der Waals surface area contributed by atoms with Gasteiger partial charge in [-0.1, -0.05) is 30.3 Å². The average Bonchev–Trinajstić information content (AvgIpc) is 2.65. The minimum absolute atomic E-state index is 0.0119. The topological polar surface area (TPSA) is 63.7 Å². The Morgan fingerprint density at radius 3 is 2.53 bits per heavy atom. The van der Waals surface area contributed by atoms with Crippen LogP contribution in [0.4, 0.5) is 4.79 Å². The molecule has 0 aromatic heterocycles. The van der Waals surface area contributed by atoms with Crippen molar-refractivity contribution in [2.75, 3.05) is 7.11 Å². The number of rotatable bonds is 1. The van der Waals surface area contributed by atoms with E-state index in [-0.39, 0.29) is 6.42 Å². The molecule has 0 spiro atoms. The molecule has 1 aromatic rings. The van der Waals surface area contributed by atoms with E-state index >= 15 is 0 Å². The number of imide groups is 3. The van der Waals surface area contributed by atoms with Crippen LogP contribution in [-0.4, -0.2) is 29.9 Å². The molecule has 0 saturated carbocycles. The Morgan fingerprint density at radius 1 is 1.29 bits per heavy atom. The first-order valence-corrected chi connectivity index (χ1v) is 5.15. The predicted molar refractivity (Wildman–Crippen MR) is 58.1 cm³/mol. The van der Waals surface area contributed by atoms with E-state index < -0.39 is 23.8 Å². The minimum Gasteiger partial charge on any atom is -0.452 e. The van der Waals surface area contributed by atoms with Gasteiger partial charge in [-0.05, 0) is 5.56 Å². The van der Waals surface area contributed by atoms with Crippen molar-refractivity contribution in [1.82, 2.24) is 4.90 Å². The fourth-order valence-corrected chi connectivity index (χ4v) is 1.86. The van der Waals surface area contributed by atoms with Crippen LogP contribution in [-0.2, 0) is 14.3 Å². The van der Waals surface area contributed by atoms with Crippen molar-refractivity contribution in [2.45, 2.75) is 12.3 Å². The second kappa shape index (κ2) is 4.37. The van der Waals surface area contributed by atoms with E-state index in [1.54, 1.807) is 24.3 Å². The highest BCUT2D eigenvalue weighted by Crippen LogP contribution is 2.29. The number of nitrogens with zero attached hydrogens (tertiary/aromatic N) is 1. The van der Waals surface area contributed by atoms with Crippen molar-refractivity contribution in [1.29, 1.82) is 0 Å². The zero-order chi connectivity index (χ0) is 12.4. The first-order valence-electron chi connectivity index (χ1n) is 5.15. The second-order valence-corrected chi connectivity index (χ2v) is 3.70. The molecule has 1 heterocycles. The number of carbonyl (C=O) groups is 3. The fraction of sp³-hybridized carbons (Fsp3) is 0.250. The van der Waals surface area contributed by atoms with Gasteiger partial charge in [0, 0.05) is 6.42 Å². The van der Waals surface area contributed by atoms with Crippen LogP contribution in [0.3, 0.4) is 0 Å². The van der Waals surface area contributed by atoms with E-state index in [1.807, 2.05) is 6.07 Å². The van der Waals surface area contributed by atoms with Crippen molar-refractivity contribution in [3.8, 4) is 0 Å². The van der Waals surface area contributed by atoms with Gasteiger partial charge in [0.05, 0.1) is 13.0 Å². The summed E-state index contributed by atoms with van der Waals surface area (Å²) in [6.45, 7) is 0. The van der Waals surface area contributed by atoms with E-state index in [1.165, 1.54) is 0 Å². The van der Waals surface area contributed by atoms with Crippen LogP contribution in [0.15, 0.2) is 30.3 Å². The lowest BCUT2D eigenvalue weighted by Gasteiger charge is -2.11. The van der Waals surface area contributed by atoms with E-state index in [9.17, 15) is 14.4 Å². The van der Waals surface area contributed by atoms with Gasteiger partial charge in [0.25, 0.3) is 0 Å². The number of likely N-dealkylation sites (tertiary alicyclic amines) is 1. The third-order valence-electron chi connectivity index (χ3n) is 2.71. The quantitative estimate of drug-likeness (QED) is 0.686. The molecule has 0 aliphatic carbocycles. The van der Waals surface area contributed by atoms with Crippen LogP contribution in [0, 0.1) is 0 Å². The summed E-state index contributed by atoms with van der Waals surface area (Å²) in [6, 6.07) is 8.91. The molecule has 1 aromatic carbocycles. The highest BCUT2D eigenvalue weighted by Gasteiger charge is 2.43. The third-order valence-corrected chi connectivity index (χ3v) is 2.71. The van der Waals surface area contributed by atoms with Crippen LogP contribution in [0.5, 0.6) is 0 Å². The third kappa shape index (κ3) is 1.91. The molecule has 0 N–H and O–H groups in total. The second-order valence-electron chi connectivity index (χ2n) is 3.70. The zero-order valence-corrected chi connectivity index (χ0v) is 9.25. The van der Waals surface area contributed by atoms with Gasteiger partial charge < -0.3 is 4.74 Å². The SMILES string of the molecule is COC(=O)N1C(=O)CC(c2ccccc2)C1=O. The monoisotopic (exact) mass is 233 g/mol. The largest absolute Gasteiger partial charge is 0.452 e. The zero-order valence-electron chi connectivity index (χ0n) is 9.25. The Bertz CT molecular complexity index is 469. The molecule has 17 heavy (non-hydrogen) atoms. The molecule has 5 heteroatoms. The van der Waals surface area contributed by atoms with Crippen LogP contribution in [0.25, 0.3) is 0 Å². The molecule has 1 fully saturated rings. The van der Waals surface area contributed by atoms with E-state index in [0.29, 0.717) is 4.90 Å². The van der Waals surface area contributed by atoms with Crippen molar-refractivity contribution in [3.63, 3.8) is 0 Å². The Hall–Kier alpha value is -2.17. The summed E-state index contributed by atoms with van der Waals surface area (Å²) in [5.41, 5.74) is 0.734. The van der Waals surface area contributed by atoms with Crippen LogP contribution < -0.4 is 0 Å². The lowest BCUT2D eigenvalue weighted by atomic mass is 9.98. The summed E-state index contributed by atoms with van der Waals surface area (Å²) >= 11 is 0. The number of methoxy groups -OCH3 is 1. The summed E-state index contributed by atoms with van der Waals surface area (Å²) in [5.74, 6) is -1.62. The van der Waals surface area contributed by atoms with Crippen LogP contribution >= 0.6 is 0 Å². The lowest BCUT2D eigenvalue weighted by Crippen LogP contribution is -2.36. The summed E-state index contributed by atoms with van der Waals surface area (Å²) in [4.78, 5) is 35.3. The number of hydrogen-bond acceptors (Lipinski definition) is 4. The molecule has 88 valence electrons. The Kier molecular flexibility index (Phi) is 2.91. The molecule has 1 unspecified atom stereocenters. The smallest absolute Gasteiger partial charge is 0.423 e. The summed E-state index contributed by atoms with van der Waals surface area (Å²) in [6.07, 6.45) is -0.906. The molecular weight excluding hydrogens is 222 g/mol. The number of ether oxygens (including phenoxy) is 1. The molecular formula is C12H11NO4. The molecule has 1 saturated heterocycles. The Labute approximate surface area is 98.0 Å². The molecule has 1 atom stereocenters. The maximum atomic E-state index is 11.9. The van der Waals surface area contributed by atoms with Gasteiger partial charge in [0.15, 0.2) is 0 Å². The number of amides is 3. The molecule has 1 aliphatic heterocycles. The van der Waals surface area contributed by atoms with Gasteiger partial charge in [-0.3, -0.25) is 9.59 Å². The van der Waals surface area contributed by atoms with Crippen molar-refractivity contribution in [3.05, 3.63) is 35.9 Å². The van der Waals surface area contributed by atoms with E-state index in [0.717, 1.165) is 12.7 Å². The summed E-state index contributed by atoms with van der Waals surface area (Å²) in [5, 5.41) is 0. The fourth-order valence-electron chi connectivity index (χ4n) is 1.86. The molecule has 0 bridgehead atoms. The minimum atomic E-state index is -0.918. The first-order chi connectivity index (χ1) is 8.15. The highest BCUT2D eigenvalue weighted by atomic mass is 16.5.